The van der Waals surface area contributed by atoms with E-state index >= 15 is 0 Å². The highest BCUT2D eigenvalue weighted by molar-refractivity contribution is 8.00. The van der Waals surface area contributed by atoms with Gasteiger partial charge in [-0.15, -0.1) is 11.8 Å². The van der Waals surface area contributed by atoms with E-state index in [1.165, 1.54) is 59.1 Å². The minimum absolute atomic E-state index is 0.0869. The number of β-lactam (4-membered cyclic amide) rings is 1. The Hall–Kier alpha value is -6.32. The number of hydrogen-bond donors (Lipinski definition) is 4. The van der Waals surface area contributed by atoms with Crippen LogP contribution in [0.2, 0.25) is 5.02 Å². The van der Waals surface area contributed by atoms with E-state index in [1.807, 2.05) is 0 Å². The Kier molecular flexibility index (Phi) is 11.6. The number of ketones is 2. The van der Waals surface area contributed by atoms with E-state index in [-0.39, 0.29) is 40.0 Å². The molecule has 6 rings (SSSR count). The van der Waals surface area contributed by atoms with E-state index in [2.05, 4.69) is 5.32 Å². The molecule has 1 saturated heterocycles. The van der Waals surface area contributed by atoms with Gasteiger partial charge in [-0.05, 0) is 69.3 Å². The van der Waals surface area contributed by atoms with Crippen molar-refractivity contribution < 1.29 is 58.3 Å². The summed E-state index contributed by atoms with van der Waals surface area (Å²) in [5.41, 5.74) is -2.83. The van der Waals surface area contributed by atoms with E-state index in [4.69, 9.17) is 25.8 Å². The number of carbonyl (C=O) groups is 6. The first kappa shape index (κ1) is 40.3. The number of aromatic hydroxyl groups is 3. The Balaban J connectivity index is 1.20. The maximum Gasteiger partial charge on any atom is 0.355 e. The zero-order valence-corrected chi connectivity index (χ0v) is 32.2. The monoisotopic (exact) mass is 814 g/mol. The quantitative estimate of drug-likeness (QED) is 0.0831. The molecule has 4 aromatic carbocycles. The number of phenols is 3. The second kappa shape index (κ2) is 16.4. The molecule has 2 amide bonds. The van der Waals surface area contributed by atoms with Crippen LogP contribution in [0.5, 0.6) is 23.0 Å². The zero-order valence-electron chi connectivity index (χ0n) is 30.6. The second-order valence-electron chi connectivity index (χ2n) is 13.8. The van der Waals surface area contributed by atoms with Gasteiger partial charge in [0.2, 0.25) is 11.6 Å². The predicted octanol–water partition coefficient (Wildman–Crippen LogP) is 5.15. The summed E-state index contributed by atoms with van der Waals surface area (Å²) in [6.45, 7) is 4.05. The van der Waals surface area contributed by atoms with Crippen molar-refractivity contribution in [3.05, 3.63) is 129 Å². The van der Waals surface area contributed by atoms with E-state index in [0.29, 0.717) is 5.75 Å². The van der Waals surface area contributed by atoms with Crippen LogP contribution in [0.3, 0.4) is 0 Å². The molecule has 2 heterocycles. The summed E-state index contributed by atoms with van der Waals surface area (Å²) in [5, 5.41) is 34.2. The van der Waals surface area contributed by atoms with E-state index in [1.54, 1.807) is 51.1 Å². The van der Waals surface area contributed by atoms with Crippen LogP contribution >= 0.6 is 23.4 Å². The highest BCUT2D eigenvalue weighted by Crippen LogP contribution is 2.41. The van der Waals surface area contributed by atoms with Gasteiger partial charge >= 0.3 is 11.9 Å². The summed E-state index contributed by atoms with van der Waals surface area (Å²) in [5.74, 6) is -6.33. The van der Waals surface area contributed by atoms with Crippen LogP contribution in [0, 0.1) is 0 Å². The van der Waals surface area contributed by atoms with Crippen molar-refractivity contribution >= 4 is 58.7 Å². The number of phenolic OH excluding ortho intramolecular Hbond substituents is 3. The SMILES string of the molecule is CC(C)(C)OC(=O)C1=C(COC(=O)c2cccc(C(=O)c3cc(Cl)cc(C(=O)c4ccccc4O)c3O)c2O)CS[C@@H]2C(NC(=O)COc3ccccc3)C(=O)N12. The van der Waals surface area contributed by atoms with Gasteiger partial charge in [-0.2, -0.15) is 0 Å². The van der Waals surface area contributed by atoms with Crippen LogP contribution < -0.4 is 10.1 Å². The number of ether oxygens (including phenoxy) is 3. The third kappa shape index (κ3) is 8.59. The number of benzene rings is 4. The number of nitrogens with one attached hydrogen (secondary N) is 1. The van der Waals surface area contributed by atoms with Gasteiger partial charge in [0, 0.05) is 16.3 Å². The molecule has 1 unspecified atom stereocenters. The summed E-state index contributed by atoms with van der Waals surface area (Å²) in [6, 6.07) is 19.1. The molecule has 57 heavy (non-hydrogen) atoms. The number of amides is 2. The van der Waals surface area contributed by atoms with Gasteiger partial charge in [0.15, 0.2) is 6.61 Å². The largest absolute Gasteiger partial charge is 0.507 e. The van der Waals surface area contributed by atoms with E-state index < -0.39 is 92.7 Å². The number of halogens is 1. The second-order valence-corrected chi connectivity index (χ2v) is 15.4. The Morgan fingerprint density at radius 1 is 0.807 bits per heavy atom. The summed E-state index contributed by atoms with van der Waals surface area (Å²) in [6.07, 6.45) is 0. The molecular weight excluding hydrogens is 780 g/mol. The zero-order chi connectivity index (χ0) is 41.2. The smallest absolute Gasteiger partial charge is 0.355 e. The molecule has 0 saturated carbocycles. The lowest BCUT2D eigenvalue weighted by Gasteiger charge is -2.49. The maximum atomic E-state index is 13.7. The topological polar surface area (TPSA) is 206 Å². The minimum atomic E-state index is -1.10. The van der Waals surface area contributed by atoms with Crippen molar-refractivity contribution in [3.63, 3.8) is 0 Å². The molecular formula is C41H35ClN2O12S. The van der Waals surface area contributed by atoms with Gasteiger partial charge in [-0.1, -0.05) is 48.0 Å². The summed E-state index contributed by atoms with van der Waals surface area (Å²) >= 11 is 7.44. The van der Waals surface area contributed by atoms with Crippen LogP contribution in [0.25, 0.3) is 0 Å². The number of esters is 2. The Bertz CT molecular complexity index is 2340. The third-order valence-corrected chi connectivity index (χ3v) is 10.2. The first-order valence-electron chi connectivity index (χ1n) is 17.3. The first-order chi connectivity index (χ1) is 27.1. The van der Waals surface area contributed by atoms with Crippen molar-refractivity contribution in [1.29, 1.82) is 0 Å². The normalized spacial score (nSPS) is 16.2. The van der Waals surface area contributed by atoms with Gasteiger partial charge in [-0.3, -0.25) is 24.1 Å². The lowest BCUT2D eigenvalue weighted by Crippen LogP contribution is -2.71. The first-order valence-corrected chi connectivity index (χ1v) is 18.7. The predicted molar refractivity (Wildman–Crippen MR) is 206 cm³/mol. The number of carbonyl (C=O) groups excluding carboxylic acids is 6. The number of fused-ring (bicyclic) bond motifs is 1. The lowest BCUT2D eigenvalue weighted by atomic mass is 9.94. The Morgan fingerprint density at radius 2 is 1.40 bits per heavy atom. The summed E-state index contributed by atoms with van der Waals surface area (Å²) < 4.78 is 16.6. The maximum absolute atomic E-state index is 13.7. The fraction of sp³-hybridized carbons (Fsp3) is 0.220. The number of rotatable bonds is 12. The van der Waals surface area contributed by atoms with Crippen molar-refractivity contribution in [2.45, 2.75) is 37.8 Å². The fourth-order valence-corrected chi connectivity index (χ4v) is 7.56. The molecule has 0 aliphatic carbocycles. The number of thioether (sulfide) groups is 1. The molecule has 2 aliphatic rings. The number of para-hydroxylation sites is 3. The number of nitrogens with zero attached hydrogens (tertiary/aromatic N) is 1. The molecule has 2 atom stereocenters. The van der Waals surface area contributed by atoms with E-state index in [0.717, 1.165) is 12.1 Å². The minimum Gasteiger partial charge on any atom is -0.507 e. The molecule has 0 bridgehead atoms. The molecule has 16 heteroatoms. The molecule has 2 aliphatic heterocycles. The van der Waals surface area contributed by atoms with Crippen molar-refractivity contribution in [1.82, 2.24) is 10.2 Å². The van der Waals surface area contributed by atoms with Gasteiger partial charge in [0.05, 0.1) is 22.3 Å². The van der Waals surface area contributed by atoms with E-state index in [9.17, 15) is 44.1 Å². The van der Waals surface area contributed by atoms with Crippen molar-refractivity contribution in [2.24, 2.45) is 0 Å². The van der Waals surface area contributed by atoms with Crippen LogP contribution in [0.15, 0.2) is 96.2 Å². The summed E-state index contributed by atoms with van der Waals surface area (Å²) in [7, 11) is 0. The molecule has 0 aromatic heterocycles. The molecule has 294 valence electrons. The average molecular weight is 815 g/mol. The van der Waals surface area contributed by atoms with Gasteiger partial charge in [0.1, 0.15) is 57.9 Å². The lowest BCUT2D eigenvalue weighted by molar-refractivity contribution is -0.159. The Labute approximate surface area is 335 Å². The van der Waals surface area contributed by atoms with Crippen LogP contribution in [-0.2, 0) is 23.9 Å². The molecule has 14 nitrogen and oxygen atoms in total. The van der Waals surface area contributed by atoms with Crippen LogP contribution in [-0.4, -0.2) is 91.5 Å². The van der Waals surface area contributed by atoms with Gasteiger partial charge < -0.3 is 34.8 Å². The fourth-order valence-electron chi connectivity index (χ4n) is 6.01. The molecule has 0 spiro atoms. The van der Waals surface area contributed by atoms with Crippen LogP contribution in [0.4, 0.5) is 0 Å². The molecule has 4 N–H and O–H groups in total. The number of hydrogen-bond acceptors (Lipinski definition) is 13. The van der Waals surface area contributed by atoms with Crippen LogP contribution in [0.1, 0.15) is 63.0 Å². The van der Waals surface area contributed by atoms with Gasteiger partial charge in [0.25, 0.3) is 11.8 Å². The highest BCUT2D eigenvalue weighted by atomic mass is 35.5. The molecule has 0 radical (unpaired) electrons. The van der Waals surface area contributed by atoms with Crippen molar-refractivity contribution in [3.8, 4) is 23.0 Å². The Morgan fingerprint density at radius 3 is 2.07 bits per heavy atom. The highest BCUT2D eigenvalue weighted by Gasteiger charge is 2.55. The standard InChI is InChI=1S/C41H35ClN2O12S/c1-41(2,3)56-40(53)32-21(20-57-38-31(37(51)44(32)38)43-30(46)19-54-23-10-5-4-6-11-23)18-55-39(52)26-14-9-13-25(34(26)48)35(49)28-17-22(42)16-27(36(28)50)33(47)24-12-7-8-15-29(24)45/h4-17,31,38,45,48,50H,18-20H2,1-3H3,(H,43,46)/t31?,38-/m1/s1. The third-order valence-electron chi connectivity index (χ3n) is 8.66. The van der Waals surface area contributed by atoms with Gasteiger partial charge in [-0.25, -0.2) is 9.59 Å². The summed E-state index contributed by atoms with van der Waals surface area (Å²) in [4.78, 5) is 81.1. The average Bonchev–Trinajstić information content (AvgIpc) is 3.18. The van der Waals surface area contributed by atoms with Crippen molar-refractivity contribution in [2.75, 3.05) is 19.0 Å². The molecule has 4 aromatic rings. The molecule has 1 fully saturated rings.